The Morgan fingerprint density at radius 2 is 1.32 bits per heavy atom. The Kier molecular flexibility index (Phi) is 4.50. The molecule has 22 heavy (non-hydrogen) atoms. The fourth-order valence-electron chi connectivity index (χ4n) is 1.74. The molecule has 0 radical (unpaired) electrons. The Hall–Kier alpha value is -1.96. The molecule has 0 bridgehead atoms. The summed E-state index contributed by atoms with van der Waals surface area (Å²) in [6.07, 6.45) is 0. The van der Waals surface area contributed by atoms with E-state index in [0.717, 1.165) is 18.2 Å². The molecule has 0 unspecified atom stereocenters. The lowest BCUT2D eigenvalue weighted by atomic mass is 10.0. The molecule has 0 aliphatic carbocycles. The highest BCUT2D eigenvalue weighted by atomic mass is 35.5. The minimum absolute atomic E-state index is 0.136. The van der Waals surface area contributed by atoms with Crippen molar-refractivity contribution < 1.29 is 35.5 Å². The van der Waals surface area contributed by atoms with Gasteiger partial charge in [-0.3, -0.25) is 0 Å². The van der Waals surface area contributed by atoms with Crippen LogP contribution < -0.4 is 4.74 Å². The van der Waals surface area contributed by atoms with Crippen molar-refractivity contribution in [2.24, 2.45) is 0 Å². The van der Waals surface area contributed by atoms with Crippen molar-refractivity contribution in [3.8, 4) is 16.9 Å². The molecule has 0 aliphatic heterocycles. The first-order chi connectivity index (χ1) is 10.2. The molecule has 0 N–H and O–H groups in total. The maximum absolute atomic E-state index is 13.7. The van der Waals surface area contributed by atoms with Crippen molar-refractivity contribution in [3.05, 3.63) is 52.3 Å². The van der Waals surface area contributed by atoms with Crippen molar-refractivity contribution in [1.82, 2.24) is 0 Å². The van der Waals surface area contributed by atoms with E-state index in [1.165, 1.54) is 0 Å². The lowest BCUT2D eigenvalue weighted by molar-refractivity contribution is -0.0494. The van der Waals surface area contributed by atoms with Crippen molar-refractivity contribution >= 4 is 11.6 Å². The van der Waals surface area contributed by atoms with Crippen LogP contribution in [0.25, 0.3) is 11.1 Å². The van der Waals surface area contributed by atoms with Gasteiger partial charge in [0, 0.05) is 10.6 Å². The number of benzene rings is 2. The molecule has 0 fully saturated rings. The summed E-state index contributed by atoms with van der Waals surface area (Å²) in [4.78, 5) is 0. The Balaban J connectivity index is 2.77. The molecule has 0 aliphatic rings. The van der Waals surface area contributed by atoms with E-state index in [2.05, 4.69) is 4.74 Å². The van der Waals surface area contributed by atoms with Crippen molar-refractivity contribution in [2.75, 3.05) is 0 Å². The SMILES string of the molecule is Fc1c(F)c(F)c(-c2ccc(Cl)cc2OC(F)F)c(F)c1F. The average molecular weight is 345 g/mol. The fourth-order valence-corrected chi connectivity index (χ4v) is 1.90. The number of ether oxygens (including phenoxy) is 1. The van der Waals surface area contributed by atoms with Crippen LogP contribution in [0.5, 0.6) is 5.75 Å². The van der Waals surface area contributed by atoms with E-state index in [4.69, 9.17) is 11.6 Å². The normalized spacial score (nSPS) is 11.1. The molecule has 2 aromatic rings. The molecule has 1 nitrogen and oxygen atoms in total. The van der Waals surface area contributed by atoms with Gasteiger partial charge in [0.15, 0.2) is 23.3 Å². The molecular weight excluding hydrogens is 341 g/mol. The molecule has 0 aromatic heterocycles. The summed E-state index contributed by atoms with van der Waals surface area (Å²) in [6, 6.07) is 2.59. The number of alkyl halides is 2. The lowest BCUT2D eigenvalue weighted by Crippen LogP contribution is -2.07. The first kappa shape index (κ1) is 16.4. The van der Waals surface area contributed by atoms with Crippen LogP contribution >= 0.6 is 11.6 Å². The summed E-state index contributed by atoms with van der Waals surface area (Å²) in [5, 5.41) is -0.136. The minimum Gasteiger partial charge on any atom is -0.434 e. The van der Waals surface area contributed by atoms with Crippen LogP contribution in [0.1, 0.15) is 0 Å². The van der Waals surface area contributed by atoms with Gasteiger partial charge in [0.1, 0.15) is 5.75 Å². The maximum atomic E-state index is 13.7. The van der Waals surface area contributed by atoms with Crippen LogP contribution in [0.2, 0.25) is 5.02 Å². The summed E-state index contributed by atoms with van der Waals surface area (Å²) >= 11 is 5.53. The second-order valence-electron chi connectivity index (χ2n) is 3.96. The summed E-state index contributed by atoms with van der Waals surface area (Å²) in [6.45, 7) is -3.39. The number of hydrogen-bond donors (Lipinski definition) is 0. The molecular formula is C13H4ClF7O. The molecule has 118 valence electrons. The molecule has 0 heterocycles. The molecule has 0 saturated carbocycles. The zero-order valence-corrected chi connectivity index (χ0v) is 11.0. The highest BCUT2D eigenvalue weighted by Crippen LogP contribution is 2.38. The maximum Gasteiger partial charge on any atom is 0.387 e. The predicted octanol–water partition coefficient (Wildman–Crippen LogP) is 5.30. The van der Waals surface area contributed by atoms with E-state index in [-0.39, 0.29) is 5.02 Å². The average Bonchev–Trinajstić information content (AvgIpc) is 2.45. The van der Waals surface area contributed by atoms with E-state index in [9.17, 15) is 30.7 Å². The zero-order chi connectivity index (χ0) is 16.6. The quantitative estimate of drug-likeness (QED) is 0.417. The Bertz CT molecular complexity index is 704. The fraction of sp³-hybridized carbons (Fsp3) is 0.0769. The van der Waals surface area contributed by atoms with Crippen LogP contribution in [0.4, 0.5) is 30.7 Å². The van der Waals surface area contributed by atoms with Crippen LogP contribution in [0, 0.1) is 29.1 Å². The van der Waals surface area contributed by atoms with Gasteiger partial charge >= 0.3 is 6.61 Å². The lowest BCUT2D eigenvalue weighted by Gasteiger charge is -2.13. The second-order valence-corrected chi connectivity index (χ2v) is 4.40. The highest BCUT2D eigenvalue weighted by molar-refractivity contribution is 6.30. The number of hydrogen-bond acceptors (Lipinski definition) is 1. The topological polar surface area (TPSA) is 9.23 Å². The smallest absolute Gasteiger partial charge is 0.387 e. The van der Waals surface area contributed by atoms with Crippen LogP contribution in [-0.4, -0.2) is 6.61 Å². The van der Waals surface area contributed by atoms with Crippen molar-refractivity contribution in [3.63, 3.8) is 0 Å². The van der Waals surface area contributed by atoms with Crippen LogP contribution in [0.3, 0.4) is 0 Å². The van der Waals surface area contributed by atoms with Gasteiger partial charge in [-0.25, -0.2) is 22.0 Å². The monoisotopic (exact) mass is 344 g/mol. The van der Waals surface area contributed by atoms with E-state index in [0.29, 0.717) is 0 Å². The minimum atomic E-state index is -3.39. The van der Waals surface area contributed by atoms with Crippen molar-refractivity contribution in [1.29, 1.82) is 0 Å². The summed E-state index contributed by atoms with van der Waals surface area (Å²) < 4.78 is 95.4. The molecule has 0 atom stereocenters. The van der Waals surface area contributed by atoms with Crippen LogP contribution in [-0.2, 0) is 0 Å². The first-order valence-electron chi connectivity index (χ1n) is 5.50. The zero-order valence-electron chi connectivity index (χ0n) is 10.2. The third-order valence-electron chi connectivity index (χ3n) is 2.64. The van der Waals surface area contributed by atoms with E-state index >= 15 is 0 Å². The largest absolute Gasteiger partial charge is 0.434 e. The highest BCUT2D eigenvalue weighted by Gasteiger charge is 2.28. The van der Waals surface area contributed by atoms with Gasteiger partial charge in [0.25, 0.3) is 0 Å². The van der Waals surface area contributed by atoms with Gasteiger partial charge in [-0.15, -0.1) is 0 Å². The summed E-state index contributed by atoms with van der Waals surface area (Å²) in [5.41, 5.74) is -2.14. The van der Waals surface area contributed by atoms with Gasteiger partial charge in [-0.05, 0) is 18.2 Å². The standard InChI is InChI=1S/C13H4ClF7O/c14-4-1-2-5(6(3-4)22-13(20)21)7-8(15)10(17)12(19)11(18)9(7)16/h1-3,13H. The summed E-state index contributed by atoms with van der Waals surface area (Å²) in [5.74, 6) is -11.9. The Morgan fingerprint density at radius 1 is 0.818 bits per heavy atom. The van der Waals surface area contributed by atoms with E-state index < -0.39 is 52.6 Å². The van der Waals surface area contributed by atoms with Gasteiger partial charge in [-0.2, -0.15) is 8.78 Å². The predicted molar refractivity (Wildman–Crippen MR) is 63.3 cm³/mol. The molecule has 2 aromatic carbocycles. The van der Waals surface area contributed by atoms with Crippen LogP contribution in [0.15, 0.2) is 18.2 Å². The molecule has 0 saturated heterocycles. The van der Waals surface area contributed by atoms with E-state index in [1.54, 1.807) is 0 Å². The molecule has 0 spiro atoms. The van der Waals surface area contributed by atoms with Crippen molar-refractivity contribution in [2.45, 2.75) is 6.61 Å². The van der Waals surface area contributed by atoms with E-state index in [1.807, 2.05) is 0 Å². The Labute approximate surface area is 123 Å². The molecule has 9 heteroatoms. The van der Waals surface area contributed by atoms with Gasteiger partial charge < -0.3 is 4.74 Å². The third-order valence-corrected chi connectivity index (χ3v) is 2.87. The molecule has 2 rings (SSSR count). The second kappa shape index (κ2) is 6.04. The van der Waals surface area contributed by atoms with Gasteiger partial charge in [0.05, 0.1) is 5.56 Å². The first-order valence-corrected chi connectivity index (χ1v) is 5.88. The number of halogens is 8. The Morgan fingerprint density at radius 3 is 1.82 bits per heavy atom. The van der Waals surface area contributed by atoms with Gasteiger partial charge in [-0.1, -0.05) is 11.6 Å². The number of rotatable bonds is 3. The third kappa shape index (κ3) is 2.83. The van der Waals surface area contributed by atoms with Gasteiger partial charge in [0.2, 0.25) is 5.82 Å². The summed E-state index contributed by atoms with van der Waals surface area (Å²) in [7, 11) is 0. The molecule has 0 amide bonds.